The standard InChI is InChI=1S/C15H19BrN2O2S/c1-15(2,5-6-19)8-18-14(20)13-12(17)10-4-3-9(16)7-11(10)21-13/h3-4,7,19H,5-6,8,17H2,1-2H3,(H,18,20). The van der Waals surface area contributed by atoms with Gasteiger partial charge >= 0.3 is 0 Å². The topological polar surface area (TPSA) is 75.3 Å². The first-order valence-corrected chi connectivity index (χ1v) is 8.31. The number of anilines is 1. The number of thiophene rings is 1. The van der Waals surface area contributed by atoms with E-state index in [4.69, 9.17) is 10.8 Å². The number of nitrogen functional groups attached to an aromatic ring is 1. The molecule has 1 heterocycles. The molecule has 0 aliphatic carbocycles. The van der Waals surface area contributed by atoms with E-state index in [0.717, 1.165) is 14.6 Å². The van der Waals surface area contributed by atoms with Gasteiger partial charge in [-0.2, -0.15) is 0 Å². The maximum atomic E-state index is 12.3. The van der Waals surface area contributed by atoms with Crippen LogP contribution in [0, 0.1) is 5.41 Å². The Bertz CT molecular complexity index is 667. The summed E-state index contributed by atoms with van der Waals surface area (Å²) in [6.45, 7) is 4.63. The van der Waals surface area contributed by atoms with E-state index in [1.54, 1.807) is 0 Å². The number of aliphatic hydroxyl groups excluding tert-OH is 1. The monoisotopic (exact) mass is 370 g/mol. The molecule has 0 unspecified atom stereocenters. The molecule has 2 rings (SSSR count). The highest BCUT2D eigenvalue weighted by Gasteiger charge is 2.21. The summed E-state index contributed by atoms with van der Waals surface area (Å²) >= 11 is 4.81. The van der Waals surface area contributed by atoms with Crippen molar-refractivity contribution in [2.24, 2.45) is 5.41 Å². The zero-order valence-electron chi connectivity index (χ0n) is 12.1. The van der Waals surface area contributed by atoms with E-state index in [-0.39, 0.29) is 17.9 Å². The molecule has 0 spiro atoms. The van der Waals surface area contributed by atoms with Crippen LogP contribution in [0.4, 0.5) is 5.69 Å². The number of amides is 1. The number of carbonyl (C=O) groups excluding carboxylic acids is 1. The van der Waals surface area contributed by atoms with Gasteiger partial charge in [0.25, 0.3) is 5.91 Å². The lowest BCUT2D eigenvalue weighted by Gasteiger charge is -2.23. The van der Waals surface area contributed by atoms with Crippen molar-refractivity contribution in [1.82, 2.24) is 5.32 Å². The van der Waals surface area contributed by atoms with Crippen molar-refractivity contribution in [3.05, 3.63) is 27.5 Å². The highest BCUT2D eigenvalue weighted by atomic mass is 79.9. The third-order valence-electron chi connectivity index (χ3n) is 3.41. The van der Waals surface area contributed by atoms with Crippen LogP contribution in [0.1, 0.15) is 29.9 Å². The Hall–Kier alpha value is -1.11. The Labute approximate surface area is 136 Å². The quantitative estimate of drug-likeness (QED) is 0.754. The first-order chi connectivity index (χ1) is 9.84. The first-order valence-electron chi connectivity index (χ1n) is 6.70. The number of halogens is 1. The molecule has 0 aliphatic heterocycles. The fourth-order valence-corrected chi connectivity index (χ4v) is 3.64. The molecular weight excluding hydrogens is 352 g/mol. The molecule has 1 amide bonds. The van der Waals surface area contributed by atoms with Gasteiger partial charge in [0.2, 0.25) is 0 Å². The van der Waals surface area contributed by atoms with Crippen LogP contribution in [0.3, 0.4) is 0 Å². The van der Waals surface area contributed by atoms with Crippen LogP contribution < -0.4 is 11.1 Å². The minimum atomic E-state index is -0.157. The summed E-state index contributed by atoms with van der Waals surface area (Å²) in [6.07, 6.45) is 0.641. The molecule has 1 aromatic heterocycles. The maximum Gasteiger partial charge on any atom is 0.263 e. The Morgan fingerprint density at radius 2 is 2.19 bits per heavy atom. The fourth-order valence-electron chi connectivity index (χ4n) is 2.05. The predicted octanol–water partition coefficient (Wildman–Crippen LogP) is 3.38. The van der Waals surface area contributed by atoms with Crippen molar-refractivity contribution in [1.29, 1.82) is 0 Å². The first kappa shape index (κ1) is 16.3. The number of fused-ring (bicyclic) bond motifs is 1. The van der Waals surface area contributed by atoms with E-state index < -0.39 is 0 Å². The zero-order chi connectivity index (χ0) is 15.6. The van der Waals surface area contributed by atoms with Gasteiger partial charge in [-0.1, -0.05) is 35.8 Å². The van der Waals surface area contributed by atoms with Crippen molar-refractivity contribution < 1.29 is 9.90 Å². The van der Waals surface area contributed by atoms with Gasteiger partial charge in [0.1, 0.15) is 4.88 Å². The molecule has 114 valence electrons. The molecule has 4 N–H and O–H groups in total. The SMILES string of the molecule is CC(C)(CCO)CNC(=O)c1sc2cc(Br)ccc2c1N. The number of aliphatic hydroxyl groups is 1. The van der Waals surface area contributed by atoms with Crippen LogP contribution in [-0.4, -0.2) is 24.2 Å². The molecule has 0 aliphatic rings. The van der Waals surface area contributed by atoms with Gasteiger partial charge in [0.05, 0.1) is 5.69 Å². The second-order valence-corrected chi connectivity index (χ2v) is 7.77. The minimum absolute atomic E-state index is 0.113. The predicted molar refractivity (Wildman–Crippen MR) is 91.8 cm³/mol. The molecule has 0 fully saturated rings. The third kappa shape index (κ3) is 3.75. The Morgan fingerprint density at radius 1 is 1.48 bits per heavy atom. The average Bonchev–Trinajstić information content (AvgIpc) is 2.73. The van der Waals surface area contributed by atoms with Crippen LogP contribution >= 0.6 is 27.3 Å². The Kier molecular flexibility index (Phi) is 4.91. The lowest BCUT2D eigenvalue weighted by molar-refractivity contribution is 0.0933. The van der Waals surface area contributed by atoms with Crippen LogP contribution in [0.25, 0.3) is 10.1 Å². The fraction of sp³-hybridized carbons (Fsp3) is 0.400. The molecule has 0 radical (unpaired) electrons. The van der Waals surface area contributed by atoms with Crippen molar-refractivity contribution in [3.63, 3.8) is 0 Å². The number of rotatable bonds is 5. The van der Waals surface area contributed by atoms with Crippen LogP contribution in [0.5, 0.6) is 0 Å². The Balaban J connectivity index is 2.18. The average molecular weight is 371 g/mol. The van der Waals surface area contributed by atoms with Gasteiger partial charge in [0.15, 0.2) is 0 Å². The van der Waals surface area contributed by atoms with Gasteiger partial charge in [-0.05, 0) is 24.0 Å². The number of hydrogen-bond acceptors (Lipinski definition) is 4. The molecule has 0 bridgehead atoms. The number of nitrogens with one attached hydrogen (secondary N) is 1. The molecule has 4 nitrogen and oxygen atoms in total. The molecule has 0 saturated heterocycles. The second kappa shape index (κ2) is 6.34. The van der Waals surface area contributed by atoms with Crippen molar-refractivity contribution in [3.8, 4) is 0 Å². The number of carbonyl (C=O) groups is 1. The minimum Gasteiger partial charge on any atom is -0.397 e. The lowest BCUT2D eigenvalue weighted by Crippen LogP contribution is -2.34. The molecular formula is C15H19BrN2O2S. The van der Waals surface area contributed by atoms with Crippen molar-refractivity contribution in [2.75, 3.05) is 18.9 Å². The molecule has 0 atom stereocenters. The van der Waals surface area contributed by atoms with E-state index in [1.807, 2.05) is 32.0 Å². The van der Waals surface area contributed by atoms with Gasteiger partial charge < -0.3 is 16.2 Å². The lowest BCUT2D eigenvalue weighted by atomic mass is 9.90. The summed E-state index contributed by atoms with van der Waals surface area (Å²) in [4.78, 5) is 12.9. The van der Waals surface area contributed by atoms with Gasteiger partial charge in [-0.25, -0.2) is 0 Å². The van der Waals surface area contributed by atoms with E-state index in [2.05, 4.69) is 21.2 Å². The van der Waals surface area contributed by atoms with E-state index in [1.165, 1.54) is 11.3 Å². The number of nitrogens with two attached hydrogens (primary N) is 1. The molecule has 0 saturated carbocycles. The molecule has 1 aromatic carbocycles. The van der Waals surface area contributed by atoms with Crippen LogP contribution in [0.2, 0.25) is 0 Å². The highest BCUT2D eigenvalue weighted by molar-refractivity contribution is 9.10. The maximum absolute atomic E-state index is 12.3. The van der Waals surface area contributed by atoms with Gasteiger partial charge in [-0.3, -0.25) is 4.79 Å². The summed E-state index contributed by atoms with van der Waals surface area (Å²) in [5.41, 5.74) is 6.47. The largest absolute Gasteiger partial charge is 0.397 e. The summed E-state index contributed by atoms with van der Waals surface area (Å²) in [7, 11) is 0. The summed E-state index contributed by atoms with van der Waals surface area (Å²) in [6, 6.07) is 5.79. The molecule has 2 aromatic rings. The van der Waals surface area contributed by atoms with Gasteiger partial charge in [-0.15, -0.1) is 11.3 Å². The molecule has 6 heteroatoms. The van der Waals surface area contributed by atoms with Crippen molar-refractivity contribution in [2.45, 2.75) is 20.3 Å². The Morgan fingerprint density at radius 3 is 2.86 bits per heavy atom. The summed E-state index contributed by atoms with van der Waals surface area (Å²) in [5, 5.41) is 12.8. The van der Waals surface area contributed by atoms with Crippen LogP contribution in [0.15, 0.2) is 22.7 Å². The normalized spacial score (nSPS) is 11.8. The van der Waals surface area contributed by atoms with E-state index in [0.29, 0.717) is 23.5 Å². The summed E-state index contributed by atoms with van der Waals surface area (Å²) in [5.74, 6) is -0.157. The van der Waals surface area contributed by atoms with Crippen molar-refractivity contribution >= 4 is 48.9 Å². The van der Waals surface area contributed by atoms with E-state index >= 15 is 0 Å². The smallest absolute Gasteiger partial charge is 0.263 e. The highest BCUT2D eigenvalue weighted by Crippen LogP contribution is 2.35. The number of benzene rings is 1. The zero-order valence-corrected chi connectivity index (χ0v) is 14.5. The second-order valence-electron chi connectivity index (χ2n) is 5.81. The van der Waals surface area contributed by atoms with Crippen LogP contribution in [-0.2, 0) is 0 Å². The summed E-state index contributed by atoms with van der Waals surface area (Å²) < 4.78 is 1.95. The van der Waals surface area contributed by atoms with E-state index in [9.17, 15) is 4.79 Å². The van der Waals surface area contributed by atoms with Gasteiger partial charge in [0, 0.05) is 27.7 Å². The third-order valence-corrected chi connectivity index (χ3v) is 5.07. The number of hydrogen-bond donors (Lipinski definition) is 3. The molecule has 21 heavy (non-hydrogen) atoms.